The van der Waals surface area contributed by atoms with Gasteiger partial charge in [-0.1, -0.05) is 25.2 Å². The van der Waals surface area contributed by atoms with Crippen molar-refractivity contribution in [1.82, 2.24) is 4.57 Å². The Morgan fingerprint density at radius 3 is 2.87 bits per heavy atom. The third kappa shape index (κ3) is 2.92. The summed E-state index contributed by atoms with van der Waals surface area (Å²) in [6.07, 6.45) is 0.948. The van der Waals surface area contributed by atoms with Gasteiger partial charge in [-0.25, -0.2) is 0 Å². The van der Waals surface area contributed by atoms with Crippen LogP contribution in [-0.2, 0) is 11.3 Å². The fraction of sp³-hybridized carbons (Fsp3) is 0.600. The Morgan fingerprint density at radius 2 is 2.33 bits per heavy atom. The summed E-state index contributed by atoms with van der Waals surface area (Å²) < 4.78 is 1.58. The Hall–Kier alpha value is -1.10. The van der Waals surface area contributed by atoms with Crippen LogP contribution in [0, 0.1) is 0 Å². The van der Waals surface area contributed by atoms with Crippen LogP contribution in [0.5, 0.6) is 0 Å². The van der Waals surface area contributed by atoms with Gasteiger partial charge in [0.05, 0.1) is 6.42 Å². The van der Waals surface area contributed by atoms with Crippen LogP contribution in [0.25, 0.3) is 0 Å². The average molecular weight is 229 g/mol. The first-order valence-corrected chi connectivity index (χ1v) is 5.84. The molecule has 1 rings (SSSR count). The van der Waals surface area contributed by atoms with Crippen molar-refractivity contribution in [2.75, 3.05) is 0 Å². The number of rotatable bonds is 5. The molecule has 5 heteroatoms. The van der Waals surface area contributed by atoms with Gasteiger partial charge in [-0.2, -0.15) is 0 Å². The Morgan fingerprint density at radius 1 is 1.67 bits per heavy atom. The average Bonchev–Trinajstić information content (AvgIpc) is 2.55. The van der Waals surface area contributed by atoms with Gasteiger partial charge in [0.2, 0.25) is 0 Å². The number of carboxylic acid groups (broad SMARTS) is 1. The molecule has 84 valence electrons. The van der Waals surface area contributed by atoms with E-state index in [-0.39, 0.29) is 17.8 Å². The molecule has 0 saturated heterocycles. The van der Waals surface area contributed by atoms with E-state index >= 15 is 0 Å². The first-order chi connectivity index (χ1) is 7.06. The first-order valence-electron chi connectivity index (χ1n) is 4.96. The van der Waals surface area contributed by atoms with Gasteiger partial charge in [-0.05, 0) is 12.3 Å². The monoisotopic (exact) mass is 229 g/mol. The van der Waals surface area contributed by atoms with Crippen molar-refractivity contribution in [3.8, 4) is 0 Å². The van der Waals surface area contributed by atoms with Gasteiger partial charge in [0.15, 0.2) is 0 Å². The second-order valence-electron chi connectivity index (χ2n) is 3.53. The van der Waals surface area contributed by atoms with Crippen LogP contribution >= 0.6 is 11.3 Å². The number of thiazole rings is 1. The Kier molecular flexibility index (Phi) is 4.08. The summed E-state index contributed by atoms with van der Waals surface area (Å²) in [6, 6.07) is 0. The highest BCUT2D eigenvalue weighted by atomic mass is 32.1. The van der Waals surface area contributed by atoms with Crippen LogP contribution in [0.4, 0.5) is 0 Å². The molecule has 0 aliphatic carbocycles. The zero-order valence-corrected chi connectivity index (χ0v) is 9.71. The molecule has 1 unspecified atom stereocenters. The maximum atomic E-state index is 11.5. The van der Waals surface area contributed by atoms with Crippen LogP contribution in [0.1, 0.15) is 38.3 Å². The summed E-state index contributed by atoms with van der Waals surface area (Å²) >= 11 is 1.14. The molecule has 1 aromatic heterocycles. The number of carbonyl (C=O) groups is 1. The lowest BCUT2D eigenvalue weighted by atomic mass is 10.1. The zero-order valence-electron chi connectivity index (χ0n) is 8.90. The lowest BCUT2D eigenvalue weighted by molar-refractivity contribution is -0.137. The summed E-state index contributed by atoms with van der Waals surface area (Å²) in [6.45, 7) is 4.37. The maximum Gasteiger partial charge on any atom is 0.307 e. The third-order valence-electron chi connectivity index (χ3n) is 2.48. The molecule has 0 aliphatic rings. The van der Waals surface area contributed by atoms with Gasteiger partial charge in [0.25, 0.3) is 0 Å². The van der Waals surface area contributed by atoms with E-state index in [2.05, 4.69) is 0 Å². The normalized spacial score (nSPS) is 12.7. The van der Waals surface area contributed by atoms with Crippen molar-refractivity contribution in [1.29, 1.82) is 0 Å². The highest BCUT2D eigenvalue weighted by Crippen LogP contribution is 2.19. The molecule has 0 radical (unpaired) electrons. The molecule has 0 bridgehead atoms. The van der Waals surface area contributed by atoms with Crippen molar-refractivity contribution in [2.24, 2.45) is 0 Å². The second kappa shape index (κ2) is 5.11. The van der Waals surface area contributed by atoms with E-state index in [1.54, 1.807) is 4.57 Å². The topological polar surface area (TPSA) is 59.3 Å². The predicted molar refractivity (Wildman–Crippen MR) is 59.5 cm³/mol. The molecule has 4 nitrogen and oxygen atoms in total. The minimum absolute atomic E-state index is 0.0000737. The maximum absolute atomic E-state index is 11.5. The largest absolute Gasteiger partial charge is 0.481 e. The number of aliphatic carboxylic acids is 1. The molecule has 1 aromatic rings. The predicted octanol–water partition coefficient (Wildman–Crippen LogP) is 1.90. The Bertz CT molecular complexity index is 394. The fourth-order valence-electron chi connectivity index (χ4n) is 1.36. The summed E-state index contributed by atoms with van der Waals surface area (Å²) in [5, 5.41) is 10.4. The van der Waals surface area contributed by atoms with Gasteiger partial charge in [-0.3, -0.25) is 9.59 Å². The van der Waals surface area contributed by atoms with Gasteiger partial charge < -0.3 is 9.67 Å². The molecule has 1 atom stereocenters. The first kappa shape index (κ1) is 12.0. The molecule has 15 heavy (non-hydrogen) atoms. The van der Waals surface area contributed by atoms with Crippen molar-refractivity contribution in [2.45, 2.75) is 39.2 Å². The van der Waals surface area contributed by atoms with Gasteiger partial charge in [0, 0.05) is 17.6 Å². The van der Waals surface area contributed by atoms with Gasteiger partial charge in [0.1, 0.15) is 0 Å². The molecule has 0 aromatic carbocycles. The van der Waals surface area contributed by atoms with Gasteiger partial charge in [-0.15, -0.1) is 0 Å². The third-order valence-corrected chi connectivity index (χ3v) is 3.26. The van der Waals surface area contributed by atoms with Crippen LogP contribution in [0.3, 0.4) is 0 Å². The van der Waals surface area contributed by atoms with E-state index < -0.39 is 5.97 Å². The van der Waals surface area contributed by atoms with E-state index in [1.165, 1.54) is 0 Å². The molecular weight excluding hydrogens is 214 g/mol. The van der Waals surface area contributed by atoms with Crippen molar-refractivity contribution in [3.05, 3.63) is 20.7 Å². The number of hydrogen-bond acceptors (Lipinski definition) is 3. The van der Waals surface area contributed by atoms with Crippen LogP contribution in [0.2, 0.25) is 0 Å². The number of hydrogen-bond donors (Lipinski definition) is 1. The molecular formula is C10H15NO3S. The quantitative estimate of drug-likeness (QED) is 0.838. The molecule has 0 spiro atoms. The van der Waals surface area contributed by atoms with Crippen molar-refractivity contribution >= 4 is 17.3 Å². The SMILES string of the molecule is CCC(C)c1csc(=O)n1CCC(=O)O. The summed E-state index contributed by atoms with van der Waals surface area (Å²) in [7, 11) is 0. The smallest absolute Gasteiger partial charge is 0.307 e. The van der Waals surface area contributed by atoms with Crippen LogP contribution in [-0.4, -0.2) is 15.6 Å². The molecule has 0 fully saturated rings. The minimum atomic E-state index is -0.872. The summed E-state index contributed by atoms with van der Waals surface area (Å²) in [4.78, 5) is 21.8. The number of aromatic nitrogens is 1. The molecule has 1 N–H and O–H groups in total. The fourth-order valence-corrected chi connectivity index (χ4v) is 2.27. The Balaban J connectivity index is 2.89. The summed E-state index contributed by atoms with van der Waals surface area (Å²) in [5.41, 5.74) is 0.953. The molecule has 0 saturated carbocycles. The highest BCUT2D eigenvalue weighted by Gasteiger charge is 2.12. The van der Waals surface area contributed by atoms with E-state index in [0.717, 1.165) is 23.5 Å². The van der Waals surface area contributed by atoms with Crippen molar-refractivity contribution in [3.63, 3.8) is 0 Å². The lowest BCUT2D eigenvalue weighted by Crippen LogP contribution is -2.19. The molecule has 0 amide bonds. The number of nitrogens with zero attached hydrogens (tertiary/aromatic N) is 1. The highest BCUT2D eigenvalue weighted by molar-refractivity contribution is 7.07. The van der Waals surface area contributed by atoms with E-state index in [1.807, 2.05) is 19.2 Å². The van der Waals surface area contributed by atoms with E-state index in [9.17, 15) is 9.59 Å². The van der Waals surface area contributed by atoms with Crippen LogP contribution < -0.4 is 4.87 Å². The van der Waals surface area contributed by atoms with Gasteiger partial charge >= 0.3 is 10.8 Å². The lowest BCUT2D eigenvalue weighted by Gasteiger charge is -2.11. The molecule has 0 aliphatic heterocycles. The summed E-state index contributed by atoms with van der Waals surface area (Å²) in [5.74, 6) is -0.569. The standard InChI is InChI=1S/C10H15NO3S/c1-3-7(2)8-6-15-10(14)11(8)5-4-9(12)13/h6-7H,3-5H2,1-2H3,(H,12,13). The minimum Gasteiger partial charge on any atom is -0.481 e. The molecule has 1 heterocycles. The van der Waals surface area contributed by atoms with E-state index in [4.69, 9.17) is 5.11 Å². The van der Waals surface area contributed by atoms with Crippen LogP contribution in [0.15, 0.2) is 10.2 Å². The van der Waals surface area contributed by atoms with Crippen molar-refractivity contribution < 1.29 is 9.90 Å². The Labute approximate surface area is 92.2 Å². The zero-order chi connectivity index (χ0) is 11.4. The van der Waals surface area contributed by atoms with E-state index in [0.29, 0.717) is 5.92 Å². The second-order valence-corrected chi connectivity index (χ2v) is 4.35. The number of carboxylic acids is 1.